The van der Waals surface area contributed by atoms with E-state index in [0.29, 0.717) is 0 Å². The topological polar surface area (TPSA) is 0 Å². The third-order valence-corrected chi connectivity index (χ3v) is 2.99. The zero-order valence-corrected chi connectivity index (χ0v) is 11.3. The number of allylic oxidation sites excluding steroid dienone is 6. The molecule has 1 aromatic carbocycles. The molecule has 0 heteroatoms. The highest BCUT2D eigenvalue weighted by atomic mass is 14.1. The van der Waals surface area contributed by atoms with Gasteiger partial charge in [0.15, 0.2) is 0 Å². The Morgan fingerprint density at radius 1 is 1.18 bits per heavy atom. The van der Waals surface area contributed by atoms with E-state index in [4.69, 9.17) is 0 Å². The molecular formula is C17H22. The van der Waals surface area contributed by atoms with Crippen LogP contribution in [0.1, 0.15) is 38.3 Å². The van der Waals surface area contributed by atoms with E-state index < -0.39 is 0 Å². The summed E-state index contributed by atoms with van der Waals surface area (Å²) in [5.74, 6) is 0. The number of benzene rings is 1. The van der Waals surface area contributed by atoms with Crippen LogP contribution in [0.4, 0.5) is 0 Å². The third kappa shape index (κ3) is 3.74. The lowest BCUT2D eigenvalue weighted by Gasteiger charge is -2.10. The van der Waals surface area contributed by atoms with E-state index in [9.17, 15) is 0 Å². The van der Waals surface area contributed by atoms with Crippen LogP contribution in [0.3, 0.4) is 0 Å². The smallest absolute Gasteiger partial charge is 0.0155 e. The van der Waals surface area contributed by atoms with Gasteiger partial charge in [0.05, 0.1) is 0 Å². The van der Waals surface area contributed by atoms with Gasteiger partial charge in [0.1, 0.15) is 0 Å². The van der Waals surface area contributed by atoms with Gasteiger partial charge in [0.25, 0.3) is 0 Å². The maximum Gasteiger partial charge on any atom is -0.0155 e. The van der Waals surface area contributed by atoms with Crippen molar-refractivity contribution in [3.8, 4) is 0 Å². The van der Waals surface area contributed by atoms with Gasteiger partial charge in [0, 0.05) is 0 Å². The molecule has 90 valence electrons. The molecule has 0 fully saturated rings. The summed E-state index contributed by atoms with van der Waals surface area (Å²) in [5.41, 5.74) is 5.46. The average Bonchev–Trinajstić information content (AvgIpc) is 2.35. The number of hydrogen-bond acceptors (Lipinski definition) is 0. The van der Waals surface area contributed by atoms with Gasteiger partial charge in [-0.25, -0.2) is 0 Å². The van der Waals surface area contributed by atoms with Gasteiger partial charge >= 0.3 is 0 Å². The van der Waals surface area contributed by atoms with Gasteiger partial charge in [-0.2, -0.15) is 0 Å². The van der Waals surface area contributed by atoms with E-state index in [-0.39, 0.29) is 0 Å². The van der Waals surface area contributed by atoms with E-state index in [1.54, 1.807) is 0 Å². The second-order valence-electron chi connectivity index (χ2n) is 4.25. The average molecular weight is 226 g/mol. The van der Waals surface area contributed by atoms with E-state index in [2.05, 4.69) is 63.3 Å². The van der Waals surface area contributed by atoms with Crippen molar-refractivity contribution >= 4 is 5.57 Å². The van der Waals surface area contributed by atoms with Crippen LogP contribution in [0.2, 0.25) is 0 Å². The predicted molar refractivity (Wildman–Crippen MR) is 78.0 cm³/mol. The molecule has 0 aromatic heterocycles. The molecule has 17 heavy (non-hydrogen) atoms. The van der Waals surface area contributed by atoms with Gasteiger partial charge in [-0.05, 0) is 43.9 Å². The maximum atomic E-state index is 2.21. The SMILES string of the molecule is C\C=C/C=C\C(=C(\C)CC)c1ccccc1C. The highest BCUT2D eigenvalue weighted by Crippen LogP contribution is 2.24. The minimum atomic E-state index is 1.09. The van der Waals surface area contributed by atoms with Crippen LogP contribution >= 0.6 is 0 Å². The molecule has 0 N–H and O–H groups in total. The normalized spacial score (nSPS) is 13.4. The summed E-state index contributed by atoms with van der Waals surface area (Å²) < 4.78 is 0. The third-order valence-electron chi connectivity index (χ3n) is 2.99. The summed E-state index contributed by atoms with van der Waals surface area (Å²) in [4.78, 5) is 0. The van der Waals surface area contributed by atoms with E-state index in [0.717, 1.165) is 6.42 Å². The molecule has 0 unspecified atom stereocenters. The quantitative estimate of drug-likeness (QED) is 0.610. The van der Waals surface area contributed by atoms with Crippen molar-refractivity contribution in [1.82, 2.24) is 0 Å². The molecule has 0 radical (unpaired) electrons. The van der Waals surface area contributed by atoms with Crippen molar-refractivity contribution in [1.29, 1.82) is 0 Å². The Balaban J connectivity index is 3.22. The van der Waals surface area contributed by atoms with Crippen LogP contribution < -0.4 is 0 Å². The zero-order chi connectivity index (χ0) is 12.7. The van der Waals surface area contributed by atoms with E-state index in [1.165, 1.54) is 22.3 Å². The molecule has 0 heterocycles. The van der Waals surface area contributed by atoms with Gasteiger partial charge in [-0.1, -0.05) is 61.1 Å². The number of rotatable bonds is 4. The summed E-state index contributed by atoms with van der Waals surface area (Å²) in [6.07, 6.45) is 9.53. The van der Waals surface area contributed by atoms with Crippen molar-refractivity contribution in [3.63, 3.8) is 0 Å². The van der Waals surface area contributed by atoms with Crippen LogP contribution in [-0.2, 0) is 0 Å². The summed E-state index contributed by atoms with van der Waals surface area (Å²) in [5, 5.41) is 0. The monoisotopic (exact) mass is 226 g/mol. The predicted octanol–water partition coefficient (Wildman–Crippen LogP) is 5.31. The first-order valence-electron chi connectivity index (χ1n) is 6.25. The molecule has 1 aromatic rings. The Morgan fingerprint density at radius 3 is 2.47 bits per heavy atom. The van der Waals surface area contributed by atoms with Gasteiger partial charge in [-0.15, -0.1) is 0 Å². The second-order valence-corrected chi connectivity index (χ2v) is 4.25. The van der Waals surface area contributed by atoms with Gasteiger partial charge < -0.3 is 0 Å². The summed E-state index contributed by atoms with van der Waals surface area (Å²) in [6.45, 7) is 8.62. The largest absolute Gasteiger partial charge is 0.0877 e. The molecule has 0 aliphatic heterocycles. The van der Waals surface area contributed by atoms with Gasteiger partial charge in [-0.3, -0.25) is 0 Å². The van der Waals surface area contributed by atoms with Gasteiger partial charge in [0.2, 0.25) is 0 Å². The first-order chi connectivity index (χ1) is 8.20. The highest BCUT2D eigenvalue weighted by Gasteiger charge is 2.03. The van der Waals surface area contributed by atoms with Crippen LogP contribution in [0.15, 0.2) is 54.1 Å². The number of aryl methyl sites for hydroxylation is 1. The lowest BCUT2D eigenvalue weighted by atomic mass is 9.95. The van der Waals surface area contributed by atoms with Crippen LogP contribution in [0.5, 0.6) is 0 Å². The number of hydrogen-bond donors (Lipinski definition) is 0. The Hall–Kier alpha value is -1.56. The van der Waals surface area contributed by atoms with Crippen molar-refractivity contribution in [2.45, 2.75) is 34.1 Å². The molecule has 0 saturated heterocycles. The molecule has 0 nitrogen and oxygen atoms in total. The Labute approximate surface area is 105 Å². The molecule has 0 aliphatic carbocycles. The lowest BCUT2D eigenvalue weighted by molar-refractivity contribution is 1.10. The highest BCUT2D eigenvalue weighted by molar-refractivity contribution is 5.78. The molecule has 0 aliphatic rings. The molecule has 0 spiro atoms. The Bertz CT molecular complexity index is 445. The standard InChI is InChI=1S/C17H22/c1-5-7-8-12-16(14(3)6-2)17-13-10-9-11-15(17)4/h5,7-13H,6H2,1-4H3/b7-5-,12-8-,16-14+. The molecule has 1 rings (SSSR count). The Kier molecular flexibility index (Phi) is 5.48. The van der Waals surface area contributed by atoms with Crippen molar-refractivity contribution in [3.05, 3.63) is 65.3 Å². The van der Waals surface area contributed by atoms with E-state index in [1.807, 2.05) is 13.0 Å². The second kappa shape index (κ2) is 6.90. The minimum absolute atomic E-state index is 1.09. The fourth-order valence-corrected chi connectivity index (χ4v) is 1.79. The van der Waals surface area contributed by atoms with Crippen molar-refractivity contribution < 1.29 is 0 Å². The summed E-state index contributed by atoms with van der Waals surface area (Å²) in [7, 11) is 0. The summed E-state index contributed by atoms with van der Waals surface area (Å²) >= 11 is 0. The lowest BCUT2D eigenvalue weighted by Crippen LogP contribution is -1.89. The zero-order valence-electron chi connectivity index (χ0n) is 11.3. The first-order valence-corrected chi connectivity index (χ1v) is 6.25. The first kappa shape index (κ1) is 13.5. The molecule has 0 atom stereocenters. The van der Waals surface area contributed by atoms with Crippen molar-refractivity contribution in [2.75, 3.05) is 0 Å². The van der Waals surface area contributed by atoms with Crippen LogP contribution in [0.25, 0.3) is 5.57 Å². The molecule has 0 amide bonds. The summed E-state index contributed by atoms with van der Waals surface area (Å²) in [6, 6.07) is 8.56. The fourth-order valence-electron chi connectivity index (χ4n) is 1.79. The fraction of sp³-hybridized carbons (Fsp3) is 0.294. The minimum Gasteiger partial charge on any atom is -0.0877 e. The Morgan fingerprint density at radius 2 is 1.88 bits per heavy atom. The molecule has 0 bridgehead atoms. The molecule has 0 saturated carbocycles. The van der Waals surface area contributed by atoms with Crippen LogP contribution in [-0.4, -0.2) is 0 Å². The maximum absolute atomic E-state index is 2.21. The van der Waals surface area contributed by atoms with Crippen molar-refractivity contribution in [2.24, 2.45) is 0 Å². The van der Waals surface area contributed by atoms with Crippen LogP contribution in [0, 0.1) is 6.92 Å². The van der Waals surface area contributed by atoms with E-state index >= 15 is 0 Å². The molecular weight excluding hydrogens is 204 g/mol.